The molecule has 0 N–H and O–H groups in total. The second-order valence-electron chi connectivity index (χ2n) is 5.76. The fourth-order valence-corrected chi connectivity index (χ4v) is 5.40. The van der Waals surface area contributed by atoms with E-state index in [1.165, 1.54) is 0 Å². The highest BCUT2D eigenvalue weighted by Crippen LogP contribution is 2.30. The van der Waals surface area contributed by atoms with E-state index in [9.17, 15) is 30.0 Å². The Bertz CT molecular complexity index is 561. The summed E-state index contributed by atoms with van der Waals surface area (Å²) < 4.78 is 87.5. The molecule has 0 spiro atoms. The Kier molecular flexibility index (Phi) is 8.72. The SMILES string of the molecule is CO[Si](C)(C)CCCCCCCS(=O)(=O)[N-]S(=O)(=O)C(F)(F)F. The van der Waals surface area contributed by atoms with Crippen LogP contribution < -0.4 is 0 Å². The van der Waals surface area contributed by atoms with Gasteiger partial charge in [-0.3, -0.25) is 0 Å². The lowest BCUT2D eigenvalue weighted by atomic mass is 10.2. The van der Waals surface area contributed by atoms with Crippen molar-refractivity contribution in [2.45, 2.75) is 56.8 Å². The largest absolute Gasteiger partial charge is 0.480 e. The van der Waals surface area contributed by atoms with Crippen molar-refractivity contribution in [2.75, 3.05) is 12.9 Å². The van der Waals surface area contributed by atoms with E-state index in [1.807, 2.05) is 4.13 Å². The van der Waals surface area contributed by atoms with Gasteiger partial charge in [0.25, 0.3) is 0 Å². The topological polar surface area (TPSA) is 91.6 Å². The second kappa shape index (κ2) is 8.79. The zero-order chi connectivity index (χ0) is 18.4. The number of unbranched alkanes of at least 4 members (excludes halogenated alkanes) is 4. The highest BCUT2D eigenvalue weighted by molar-refractivity contribution is 8.12. The molecule has 0 aliphatic rings. The van der Waals surface area contributed by atoms with Crippen LogP contribution in [0.4, 0.5) is 13.2 Å². The third-order valence-corrected chi connectivity index (χ3v) is 8.98. The van der Waals surface area contributed by atoms with Crippen molar-refractivity contribution in [3.8, 4) is 0 Å². The molecular weight excluding hydrogens is 375 g/mol. The first kappa shape index (κ1) is 22.8. The van der Waals surface area contributed by atoms with Crippen LogP contribution >= 0.6 is 0 Å². The third kappa shape index (κ3) is 9.64. The van der Waals surface area contributed by atoms with E-state index >= 15 is 0 Å². The summed E-state index contributed by atoms with van der Waals surface area (Å²) in [5.41, 5.74) is -5.70. The number of rotatable bonds is 11. The van der Waals surface area contributed by atoms with Crippen molar-refractivity contribution >= 4 is 28.4 Å². The molecule has 0 aliphatic carbocycles. The Balaban J connectivity index is 4.06. The molecule has 0 saturated heterocycles. The molecule has 0 radical (unpaired) electrons. The van der Waals surface area contributed by atoms with Gasteiger partial charge in [-0.2, -0.15) is 13.2 Å². The van der Waals surface area contributed by atoms with Gasteiger partial charge in [-0.25, -0.2) is 16.8 Å². The number of hydrogen-bond acceptors (Lipinski definition) is 5. The summed E-state index contributed by atoms with van der Waals surface area (Å²) in [5, 5.41) is 0. The van der Waals surface area contributed by atoms with Gasteiger partial charge >= 0.3 is 5.51 Å². The Morgan fingerprint density at radius 2 is 1.43 bits per heavy atom. The molecule has 0 saturated carbocycles. The molecule has 0 rings (SSSR count). The van der Waals surface area contributed by atoms with E-state index in [0.717, 1.165) is 25.3 Å². The molecule has 0 atom stereocenters. The molecule has 12 heteroatoms. The highest BCUT2D eigenvalue weighted by Gasteiger charge is 2.40. The number of sulfonamides is 2. The van der Waals surface area contributed by atoms with E-state index in [-0.39, 0.29) is 6.42 Å². The predicted octanol–water partition coefficient (Wildman–Crippen LogP) is 3.34. The summed E-state index contributed by atoms with van der Waals surface area (Å²) in [4.78, 5) is 0. The Morgan fingerprint density at radius 1 is 0.957 bits per heavy atom. The lowest BCUT2D eigenvalue weighted by Crippen LogP contribution is -2.27. The first-order valence-corrected chi connectivity index (χ1v) is 13.2. The Labute approximate surface area is 137 Å². The van der Waals surface area contributed by atoms with Crippen LogP contribution in [0.1, 0.15) is 32.1 Å². The Morgan fingerprint density at radius 3 is 1.91 bits per heavy atom. The molecule has 0 heterocycles. The van der Waals surface area contributed by atoms with E-state index in [4.69, 9.17) is 4.43 Å². The minimum atomic E-state index is -6.00. The zero-order valence-electron chi connectivity index (χ0n) is 13.4. The van der Waals surface area contributed by atoms with Gasteiger partial charge in [0, 0.05) is 12.9 Å². The fraction of sp³-hybridized carbons (Fsp3) is 1.00. The van der Waals surface area contributed by atoms with Gasteiger partial charge in [0.1, 0.15) is 0 Å². The molecule has 0 unspecified atom stereocenters. The third-order valence-electron chi connectivity index (χ3n) is 3.24. The summed E-state index contributed by atoms with van der Waals surface area (Å²) in [5.74, 6) is -0.708. The van der Waals surface area contributed by atoms with Crippen molar-refractivity contribution in [3.05, 3.63) is 4.13 Å². The molecule has 0 amide bonds. The highest BCUT2D eigenvalue weighted by atomic mass is 32.3. The first-order chi connectivity index (χ1) is 10.2. The van der Waals surface area contributed by atoms with Crippen LogP contribution in [-0.2, 0) is 24.5 Å². The van der Waals surface area contributed by atoms with Crippen molar-refractivity contribution in [1.29, 1.82) is 0 Å². The number of nitrogens with zero attached hydrogens (tertiary/aromatic N) is 1. The average molecular weight is 399 g/mol. The van der Waals surface area contributed by atoms with Crippen molar-refractivity contribution in [3.63, 3.8) is 0 Å². The van der Waals surface area contributed by atoms with Crippen LogP contribution in [0.3, 0.4) is 0 Å². The maximum Gasteiger partial charge on any atom is 0.480 e. The lowest BCUT2D eigenvalue weighted by Gasteiger charge is -2.22. The minimum Gasteiger partial charge on any atom is -0.428 e. The van der Waals surface area contributed by atoms with Crippen molar-refractivity contribution in [2.24, 2.45) is 0 Å². The van der Waals surface area contributed by atoms with E-state index in [0.29, 0.717) is 6.42 Å². The molecule has 0 aromatic heterocycles. The van der Waals surface area contributed by atoms with E-state index in [2.05, 4.69) is 13.1 Å². The van der Waals surface area contributed by atoms with Crippen LogP contribution in [0.5, 0.6) is 0 Å². The monoisotopic (exact) mass is 398 g/mol. The van der Waals surface area contributed by atoms with Gasteiger partial charge in [0.2, 0.25) is 0 Å². The average Bonchev–Trinajstić information content (AvgIpc) is 2.34. The van der Waals surface area contributed by atoms with Gasteiger partial charge in [0.15, 0.2) is 18.3 Å². The predicted molar refractivity (Wildman–Crippen MR) is 84.5 cm³/mol. The normalized spacial score (nSPS) is 14.2. The summed E-state index contributed by atoms with van der Waals surface area (Å²) >= 11 is 0. The zero-order valence-corrected chi connectivity index (χ0v) is 16.0. The van der Waals surface area contributed by atoms with Gasteiger partial charge in [-0.15, -0.1) is 0 Å². The molecule has 140 valence electrons. The van der Waals surface area contributed by atoms with E-state index < -0.39 is 39.6 Å². The molecule has 6 nitrogen and oxygen atoms in total. The maximum atomic E-state index is 12.1. The van der Waals surface area contributed by atoms with E-state index in [1.54, 1.807) is 7.11 Å². The van der Waals surface area contributed by atoms with Gasteiger partial charge in [0.05, 0.1) is 10.0 Å². The van der Waals surface area contributed by atoms with Crippen LogP contribution in [0.2, 0.25) is 19.1 Å². The van der Waals surface area contributed by atoms with Crippen LogP contribution in [0.15, 0.2) is 0 Å². The van der Waals surface area contributed by atoms with Crippen LogP contribution in [-0.4, -0.2) is 43.5 Å². The Hall–Kier alpha value is -0.173. The summed E-state index contributed by atoms with van der Waals surface area (Å²) in [7, 11) is -10.6. The molecular formula is C11H23F3NO5S2Si-. The maximum absolute atomic E-state index is 12.1. The quantitative estimate of drug-likeness (QED) is 0.393. The lowest BCUT2D eigenvalue weighted by molar-refractivity contribution is -0.0425. The van der Waals surface area contributed by atoms with Gasteiger partial charge < -0.3 is 8.55 Å². The molecule has 0 bridgehead atoms. The van der Waals surface area contributed by atoms with Crippen molar-refractivity contribution in [1.82, 2.24) is 0 Å². The molecule has 0 fully saturated rings. The number of hydrogen-bond donors (Lipinski definition) is 0. The van der Waals surface area contributed by atoms with Crippen LogP contribution in [0.25, 0.3) is 4.13 Å². The molecule has 0 aromatic carbocycles. The van der Waals surface area contributed by atoms with Gasteiger partial charge in [-0.1, -0.05) is 25.7 Å². The number of halogens is 3. The van der Waals surface area contributed by atoms with Crippen LogP contribution in [0, 0.1) is 0 Å². The molecule has 0 aromatic rings. The van der Waals surface area contributed by atoms with Gasteiger partial charge in [-0.05, 0) is 25.6 Å². The summed E-state index contributed by atoms with van der Waals surface area (Å²) in [6.45, 7) is 4.17. The summed E-state index contributed by atoms with van der Waals surface area (Å²) in [6, 6.07) is 0.973. The molecule has 0 aliphatic heterocycles. The van der Waals surface area contributed by atoms with Crippen molar-refractivity contribution < 1.29 is 34.4 Å². The summed E-state index contributed by atoms with van der Waals surface area (Å²) in [6.07, 6.45) is 3.07. The molecule has 23 heavy (non-hydrogen) atoms. The fourth-order valence-electron chi connectivity index (χ4n) is 1.70. The number of alkyl halides is 3. The first-order valence-electron chi connectivity index (χ1n) is 7.06. The second-order valence-corrected chi connectivity index (χ2v) is 13.8. The standard InChI is InChI=1S/C11H23F3NO5S2Si/c1-20-23(2,3)10-8-6-4-5-7-9-21(16,17)15-22(18,19)11(12,13)14/h4-10H2,1-3H3/q-1. The minimum absolute atomic E-state index is 0.0737. The smallest absolute Gasteiger partial charge is 0.428 e.